The maximum absolute atomic E-state index is 12.1. The van der Waals surface area contributed by atoms with E-state index in [1.165, 1.54) is 18.7 Å². The predicted octanol–water partition coefficient (Wildman–Crippen LogP) is -1.97. The molecule has 3 atom stereocenters. The lowest BCUT2D eigenvalue weighted by Gasteiger charge is -2.25. The van der Waals surface area contributed by atoms with Gasteiger partial charge in [0.15, 0.2) is 0 Å². The molecular weight excluding hydrogens is 292 g/mol. The molecule has 0 radical (unpaired) electrons. The number of hydrogen-bond donors (Lipinski definition) is 4. The van der Waals surface area contributed by atoms with Gasteiger partial charge in [0, 0.05) is 6.54 Å². The fourth-order valence-corrected chi connectivity index (χ4v) is 2.13. The SMILES string of the molecule is CC(N)C(=O)NCC(=O)N1CCCC1C(=O)NC(C)C(=O)O. The second-order valence-electron chi connectivity index (χ2n) is 5.32. The lowest BCUT2D eigenvalue weighted by atomic mass is 10.2. The molecule has 5 N–H and O–H groups in total. The van der Waals surface area contributed by atoms with Crippen LogP contribution in [0.1, 0.15) is 26.7 Å². The van der Waals surface area contributed by atoms with Gasteiger partial charge in [-0.25, -0.2) is 0 Å². The molecule has 0 aromatic rings. The van der Waals surface area contributed by atoms with E-state index in [9.17, 15) is 19.2 Å². The first-order valence-electron chi connectivity index (χ1n) is 7.10. The lowest BCUT2D eigenvalue weighted by molar-refractivity contribution is -0.143. The fourth-order valence-electron chi connectivity index (χ4n) is 2.13. The largest absolute Gasteiger partial charge is 0.480 e. The lowest BCUT2D eigenvalue weighted by Crippen LogP contribution is -2.52. The normalized spacial score (nSPS) is 20.1. The molecule has 9 heteroatoms. The number of carboxylic acid groups (broad SMARTS) is 1. The summed E-state index contributed by atoms with van der Waals surface area (Å²) >= 11 is 0. The number of carbonyl (C=O) groups excluding carboxylic acids is 3. The average molecular weight is 314 g/mol. The van der Waals surface area contributed by atoms with Crippen molar-refractivity contribution in [3.8, 4) is 0 Å². The van der Waals surface area contributed by atoms with E-state index in [1.54, 1.807) is 0 Å². The Morgan fingerprint density at radius 3 is 2.50 bits per heavy atom. The smallest absolute Gasteiger partial charge is 0.325 e. The number of likely N-dealkylation sites (tertiary alicyclic amines) is 1. The van der Waals surface area contributed by atoms with Crippen LogP contribution in [0, 0.1) is 0 Å². The van der Waals surface area contributed by atoms with E-state index in [-0.39, 0.29) is 6.54 Å². The molecule has 1 aliphatic heterocycles. The van der Waals surface area contributed by atoms with E-state index in [4.69, 9.17) is 10.8 Å². The van der Waals surface area contributed by atoms with Crippen LogP contribution < -0.4 is 16.4 Å². The molecule has 1 aliphatic rings. The molecule has 0 spiro atoms. The van der Waals surface area contributed by atoms with Gasteiger partial charge in [-0.05, 0) is 26.7 Å². The number of aliphatic carboxylic acids is 1. The Hall–Kier alpha value is -2.16. The summed E-state index contributed by atoms with van der Waals surface area (Å²) in [5, 5.41) is 13.5. The van der Waals surface area contributed by atoms with Gasteiger partial charge in [-0.2, -0.15) is 0 Å². The minimum atomic E-state index is -1.14. The minimum absolute atomic E-state index is 0.237. The zero-order valence-corrected chi connectivity index (χ0v) is 12.7. The molecule has 3 amide bonds. The summed E-state index contributed by atoms with van der Waals surface area (Å²) in [6, 6.07) is -2.45. The Kier molecular flexibility index (Phi) is 6.29. The highest BCUT2D eigenvalue weighted by Crippen LogP contribution is 2.17. The number of rotatable bonds is 6. The van der Waals surface area contributed by atoms with Gasteiger partial charge in [0.05, 0.1) is 12.6 Å². The van der Waals surface area contributed by atoms with E-state index in [2.05, 4.69) is 10.6 Å². The molecule has 0 aromatic carbocycles. The summed E-state index contributed by atoms with van der Waals surface area (Å²) in [6.45, 7) is 3.01. The van der Waals surface area contributed by atoms with Gasteiger partial charge in [-0.3, -0.25) is 19.2 Å². The van der Waals surface area contributed by atoms with Crippen LogP contribution in [0.4, 0.5) is 0 Å². The molecule has 0 aliphatic carbocycles. The average Bonchev–Trinajstić information content (AvgIpc) is 2.93. The quantitative estimate of drug-likeness (QED) is 0.448. The second kappa shape index (κ2) is 7.74. The Morgan fingerprint density at radius 1 is 1.32 bits per heavy atom. The van der Waals surface area contributed by atoms with Crippen LogP contribution in [0.5, 0.6) is 0 Å². The van der Waals surface area contributed by atoms with Gasteiger partial charge < -0.3 is 26.4 Å². The van der Waals surface area contributed by atoms with Crippen LogP contribution in [-0.2, 0) is 19.2 Å². The van der Waals surface area contributed by atoms with Crippen molar-refractivity contribution >= 4 is 23.7 Å². The van der Waals surface area contributed by atoms with Crippen molar-refractivity contribution in [2.75, 3.05) is 13.1 Å². The van der Waals surface area contributed by atoms with E-state index in [0.717, 1.165) is 0 Å². The third kappa shape index (κ3) is 4.69. The van der Waals surface area contributed by atoms with Crippen LogP contribution >= 0.6 is 0 Å². The van der Waals surface area contributed by atoms with Gasteiger partial charge in [0.1, 0.15) is 12.1 Å². The zero-order valence-electron chi connectivity index (χ0n) is 12.7. The number of carboxylic acids is 1. The van der Waals surface area contributed by atoms with Gasteiger partial charge in [-0.15, -0.1) is 0 Å². The van der Waals surface area contributed by atoms with Crippen molar-refractivity contribution in [2.24, 2.45) is 5.73 Å². The Labute approximate surface area is 128 Å². The van der Waals surface area contributed by atoms with Crippen molar-refractivity contribution in [1.82, 2.24) is 15.5 Å². The molecule has 0 saturated carbocycles. The molecule has 0 bridgehead atoms. The van der Waals surface area contributed by atoms with E-state index in [0.29, 0.717) is 19.4 Å². The first kappa shape index (κ1) is 17.9. The molecule has 3 unspecified atom stereocenters. The van der Waals surface area contributed by atoms with Crippen LogP contribution in [0.3, 0.4) is 0 Å². The molecule has 1 fully saturated rings. The molecule has 22 heavy (non-hydrogen) atoms. The van der Waals surface area contributed by atoms with Crippen LogP contribution in [-0.4, -0.2) is 64.9 Å². The number of nitrogens with zero attached hydrogens (tertiary/aromatic N) is 1. The highest BCUT2D eigenvalue weighted by molar-refractivity contribution is 5.92. The summed E-state index contributed by atoms with van der Waals surface area (Å²) in [4.78, 5) is 47.6. The van der Waals surface area contributed by atoms with Crippen LogP contribution in [0.15, 0.2) is 0 Å². The number of nitrogens with two attached hydrogens (primary N) is 1. The third-order valence-corrected chi connectivity index (χ3v) is 3.43. The summed E-state index contributed by atoms with van der Waals surface area (Å²) in [7, 11) is 0. The maximum Gasteiger partial charge on any atom is 0.325 e. The predicted molar refractivity (Wildman–Crippen MR) is 76.6 cm³/mol. The monoisotopic (exact) mass is 314 g/mol. The topological polar surface area (TPSA) is 142 Å². The molecule has 0 aromatic heterocycles. The fraction of sp³-hybridized carbons (Fsp3) is 0.692. The highest BCUT2D eigenvalue weighted by atomic mass is 16.4. The Morgan fingerprint density at radius 2 is 1.95 bits per heavy atom. The molecule has 1 heterocycles. The van der Waals surface area contributed by atoms with Crippen LogP contribution in [0.2, 0.25) is 0 Å². The van der Waals surface area contributed by atoms with E-state index >= 15 is 0 Å². The summed E-state index contributed by atoms with van der Waals surface area (Å²) in [5.41, 5.74) is 5.38. The van der Waals surface area contributed by atoms with E-state index in [1.807, 2.05) is 0 Å². The first-order chi connectivity index (χ1) is 10.2. The summed E-state index contributed by atoms with van der Waals surface area (Å²) in [6.07, 6.45) is 1.11. The summed E-state index contributed by atoms with van der Waals surface area (Å²) < 4.78 is 0. The Bertz CT molecular complexity index is 465. The van der Waals surface area contributed by atoms with Crippen molar-refractivity contribution in [3.63, 3.8) is 0 Å². The van der Waals surface area contributed by atoms with Crippen molar-refractivity contribution in [2.45, 2.75) is 44.8 Å². The number of nitrogens with one attached hydrogen (secondary N) is 2. The molecule has 1 saturated heterocycles. The summed E-state index contributed by atoms with van der Waals surface area (Å²) in [5.74, 6) is -2.49. The first-order valence-corrected chi connectivity index (χ1v) is 7.10. The second-order valence-corrected chi connectivity index (χ2v) is 5.32. The van der Waals surface area contributed by atoms with E-state index < -0.39 is 41.8 Å². The molecule has 9 nitrogen and oxygen atoms in total. The number of amides is 3. The van der Waals surface area contributed by atoms with Crippen molar-refractivity contribution in [1.29, 1.82) is 0 Å². The van der Waals surface area contributed by atoms with Crippen molar-refractivity contribution < 1.29 is 24.3 Å². The molecule has 124 valence electrons. The zero-order chi connectivity index (χ0) is 16.9. The van der Waals surface area contributed by atoms with Gasteiger partial charge in [-0.1, -0.05) is 0 Å². The Balaban J connectivity index is 2.58. The number of carbonyl (C=O) groups is 4. The van der Waals surface area contributed by atoms with Crippen molar-refractivity contribution in [3.05, 3.63) is 0 Å². The third-order valence-electron chi connectivity index (χ3n) is 3.43. The number of hydrogen-bond acceptors (Lipinski definition) is 5. The highest BCUT2D eigenvalue weighted by Gasteiger charge is 2.35. The molecular formula is C13H22N4O5. The van der Waals surface area contributed by atoms with Gasteiger partial charge in [0.2, 0.25) is 17.7 Å². The molecule has 1 rings (SSSR count). The van der Waals surface area contributed by atoms with Gasteiger partial charge >= 0.3 is 5.97 Å². The minimum Gasteiger partial charge on any atom is -0.480 e. The standard InChI is InChI=1S/C13H22N4O5/c1-7(14)11(19)15-6-10(18)17-5-3-4-9(17)12(20)16-8(2)13(21)22/h7-9H,3-6,14H2,1-2H3,(H,15,19)(H,16,20)(H,21,22). The van der Waals surface area contributed by atoms with Gasteiger partial charge in [0.25, 0.3) is 0 Å². The maximum atomic E-state index is 12.1. The van der Waals surface area contributed by atoms with Crippen LogP contribution in [0.25, 0.3) is 0 Å².